The van der Waals surface area contributed by atoms with Crippen molar-refractivity contribution in [3.63, 3.8) is 0 Å². The third-order valence-electron chi connectivity index (χ3n) is 2.44. The lowest BCUT2D eigenvalue weighted by molar-refractivity contribution is 0.141. The van der Waals surface area contributed by atoms with Crippen LogP contribution in [-0.2, 0) is 4.74 Å². The van der Waals surface area contributed by atoms with Crippen molar-refractivity contribution in [3.05, 3.63) is 16.2 Å². The second-order valence-electron chi connectivity index (χ2n) is 4.12. The van der Waals surface area contributed by atoms with Crippen molar-refractivity contribution >= 4 is 39.0 Å². The summed E-state index contributed by atoms with van der Waals surface area (Å²) in [6.45, 7) is 7.44. The Morgan fingerprint density at radius 3 is 3.00 bits per heavy atom. The number of hydrogen-bond acceptors (Lipinski definition) is 5. The zero-order valence-electron chi connectivity index (χ0n) is 10.7. The third kappa shape index (κ3) is 3.10. The van der Waals surface area contributed by atoms with Crippen molar-refractivity contribution in [2.45, 2.75) is 26.8 Å². The normalized spacial score (nSPS) is 12.9. The zero-order chi connectivity index (χ0) is 13.1. The van der Waals surface area contributed by atoms with Crippen LogP contribution in [0, 0.1) is 6.92 Å². The molecule has 0 saturated heterocycles. The summed E-state index contributed by atoms with van der Waals surface area (Å²) in [6.07, 6.45) is 0. The molecule has 0 spiro atoms. The molecule has 18 heavy (non-hydrogen) atoms. The van der Waals surface area contributed by atoms with Gasteiger partial charge in [-0.1, -0.05) is 0 Å². The Morgan fingerprint density at radius 1 is 1.50 bits per heavy atom. The van der Waals surface area contributed by atoms with E-state index in [0.29, 0.717) is 13.2 Å². The van der Waals surface area contributed by atoms with Gasteiger partial charge in [0.2, 0.25) is 5.28 Å². The van der Waals surface area contributed by atoms with Crippen molar-refractivity contribution < 1.29 is 4.74 Å². The van der Waals surface area contributed by atoms with Gasteiger partial charge in [0, 0.05) is 17.5 Å². The van der Waals surface area contributed by atoms with Crippen molar-refractivity contribution in [2.24, 2.45) is 0 Å². The van der Waals surface area contributed by atoms with Crippen LogP contribution in [0.1, 0.15) is 18.7 Å². The maximum atomic E-state index is 5.93. The molecule has 0 aliphatic heterocycles. The Kier molecular flexibility index (Phi) is 4.37. The van der Waals surface area contributed by atoms with Crippen LogP contribution in [0.5, 0.6) is 0 Å². The number of halogens is 1. The van der Waals surface area contributed by atoms with E-state index < -0.39 is 0 Å². The molecule has 0 aromatic carbocycles. The Morgan fingerprint density at radius 2 is 2.28 bits per heavy atom. The van der Waals surface area contributed by atoms with E-state index in [0.717, 1.165) is 16.0 Å². The van der Waals surface area contributed by atoms with Crippen molar-refractivity contribution in [2.75, 3.05) is 18.5 Å². The molecular weight excluding hydrogens is 270 g/mol. The summed E-state index contributed by atoms with van der Waals surface area (Å²) >= 11 is 7.55. The van der Waals surface area contributed by atoms with Gasteiger partial charge in [0.05, 0.1) is 12.0 Å². The second kappa shape index (κ2) is 5.82. The van der Waals surface area contributed by atoms with Crippen LogP contribution in [0.2, 0.25) is 5.28 Å². The molecule has 0 aliphatic rings. The molecule has 6 heteroatoms. The largest absolute Gasteiger partial charge is 0.380 e. The van der Waals surface area contributed by atoms with Crippen LogP contribution in [0.15, 0.2) is 6.07 Å². The number of anilines is 1. The first kappa shape index (κ1) is 13.5. The molecule has 0 amide bonds. The van der Waals surface area contributed by atoms with Gasteiger partial charge in [-0.2, -0.15) is 0 Å². The number of aromatic nitrogens is 2. The lowest BCUT2D eigenvalue weighted by Crippen LogP contribution is -2.22. The second-order valence-corrected chi connectivity index (χ2v) is 5.69. The van der Waals surface area contributed by atoms with E-state index in [1.165, 1.54) is 4.88 Å². The molecule has 0 bridgehead atoms. The van der Waals surface area contributed by atoms with Crippen LogP contribution in [0.4, 0.5) is 5.82 Å². The molecule has 2 aromatic heterocycles. The summed E-state index contributed by atoms with van der Waals surface area (Å²) in [5.74, 6) is 0.779. The Hall–Kier alpha value is -0.910. The Balaban J connectivity index is 2.26. The van der Waals surface area contributed by atoms with Gasteiger partial charge < -0.3 is 10.1 Å². The van der Waals surface area contributed by atoms with Gasteiger partial charge in [-0.05, 0) is 38.4 Å². The Bertz CT molecular complexity index is 543. The molecule has 1 atom stereocenters. The van der Waals surface area contributed by atoms with Crippen LogP contribution in [-0.4, -0.2) is 29.2 Å². The highest BCUT2D eigenvalue weighted by molar-refractivity contribution is 7.18. The minimum absolute atomic E-state index is 0.180. The number of nitrogens with zero attached hydrogens (tertiary/aromatic N) is 2. The van der Waals surface area contributed by atoms with Crippen LogP contribution in [0.25, 0.3) is 10.2 Å². The molecule has 1 unspecified atom stereocenters. The number of thiophene rings is 1. The maximum absolute atomic E-state index is 5.93. The predicted octanol–water partition coefficient (Wildman–Crippen LogP) is 3.49. The van der Waals surface area contributed by atoms with E-state index in [-0.39, 0.29) is 11.3 Å². The summed E-state index contributed by atoms with van der Waals surface area (Å²) in [6, 6.07) is 2.26. The highest BCUT2D eigenvalue weighted by Gasteiger charge is 2.11. The molecule has 1 N–H and O–H groups in total. The molecule has 4 nitrogen and oxygen atoms in total. The zero-order valence-corrected chi connectivity index (χ0v) is 12.2. The van der Waals surface area contributed by atoms with Gasteiger partial charge in [0.25, 0.3) is 0 Å². The van der Waals surface area contributed by atoms with Gasteiger partial charge in [-0.15, -0.1) is 11.3 Å². The van der Waals surface area contributed by atoms with E-state index in [9.17, 15) is 0 Å². The van der Waals surface area contributed by atoms with Crippen LogP contribution >= 0.6 is 22.9 Å². The van der Waals surface area contributed by atoms with E-state index in [1.54, 1.807) is 11.3 Å². The molecule has 0 aliphatic carbocycles. The van der Waals surface area contributed by atoms with Crippen molar-refractivity contribution in [3.8, 4) is 0 Å². The quantitative estimate of drug-likeness (QED) is 0.854. The summed E-state index contributed by atoms with van der Waals surface area (Å²) in [5.41, 5.74) is 0. The van der Waals surface area contributed by atoms with Crippen molar-refractivity contribution in [1.82, 2.24) is 9.97 Å². The standard InChI is InChI=1S/C12H16ClN3OS/c1-4-17-6-7(2)14-10-9-5-8(3)18-11(9)16-12(13)15-10/h5,7H,4,6H2,1-3H3,(H,14,15,16). The highest BCUT2D eigenvalue weighted by atomic mass is 35.5. The van der Waals surface area contributed by atoms with E-state index in [2.05, 4.69) is 28.3 Å². The summed E-state index contributed by atoms with van der Waals surface area (Å²) < 4.78 is 5.38. The number of nitrogens with one attached hydrogen (secondary N) is 1. The molecule has 2 rings (SSSR count). The minimum atomic E-state index is 0.180. The number of hydrogen-bond donors (Lipinski definition) is 1. The lowest BCUT2D eigenvalue weighted by Gasteiger charge is -2.14. The SMILES string of the molecule is CCOCC(C)Nc1nc(Cl)nc2sc(C)cc12. The summed E-state index contributed by atoms with van der Waals surface area (Å²) in [7, 11) is 0. The summed E-state index contributed by atoms with van der Waals surface area (Å²) in [5, 5.41) is 4.61. The molecular formula is C12H16ClN3OS. The first-order chi connectivity index (χ1) is 8.60. The molecule has 2 heterocycles. The summed E-state index contributed by atoms with van der Waals surface area (Å²) in [4.78, 5) is 10.6. The van der Waals surface area contributed by atoms with Crippen LogP contribution < -0.4 is 5.32 Å². The number of rotatable bonds is 5. The minimum Gasteiger partial charge on any atom is -0.380 e. The third-order valence-corrected chi connectivity index (χ3v) is 3.56. The monoisotopic (exact) mass is 285 g/mol. The molecule has 2 aromatic rings. The van der Waals surface area contributed by atoms with Gasteiger partial charge in [0.15, 0.2) is 0 Å². The fourth-order valence-corrected chi connectivity index (χ4v) is 2.79. The molecule has 0 fully saturated rings. The van der Waals surface area contributed by atoms with Gasteiger partial charge >= 0.3 is 0 Å². The van der Waals surface area contributed by atoms with Crippen LogP contribution in [0.3, 0.4) is 0 Å². The average molecular weight is 286 g/mol. The number of aryl methyl sites for hydroxylation is 1. The first-order valence-corrected chi connectivity index (χ1v) is 7.07. The lowest BCUT2D eigenvalue weighted by atomic mass is 10.3. The molecule has 98 valence electrons. The molecule has 0 saturated carbocycles. The topological polar surface area (TPSA) is 47.0 Å². The fourth-order valence-electron chi connectivity index (χ4n) is 1.70. The van der Waals surface area contributed by atoms with Gasteiger partial charge in [0.1, 0.15) is 10.6 Å². The predicted molar refractivity (Wildman–Crippen MR) is 76.7 cm³/mol. The number of ether oxygens (including phenoxy) is 1. The van der Waals surface area contributed by atoms with E-state index in [1.807, 2.05) is 13.8 Å². The van der Waals surface area contributed by atoms with E-state index >= 15 is 0 Å². The van der Waals surface area contributed by atoms with Gasteiger partial charge in [-0.25, -0.2) is 9.97 Å². The average Bonchev–Trinajstić information content (AvgIpc) is 2.67. The van der Waals surface area contributed by atoms with Gasteiger partial charge in [-0.3, -0.25) is 0 Å². The maximum Gasteiger partial charge on any atom is 0.225 e. The number of fused-ring (bicyclic) bond motifs is 1. The highest BCUT2D eigenvalue weighted by Crippen LogP contribution is 2.29. The van der Waals surface area contributed by atoms with E-state index in [4.69, 9.17) is 16.3 Å². The van der Waals surface area contributed by atoms with Crippen molar-refractivity contribution in [1.29, 1.82) is 0 Å². The molecule has 0 radical (unpaired) electrons. The fraction of sp³-hybridized carbons (Fsp3) is 0.500. The first-order valence-electron chi connectivity index (χ1n) is 5.88. The smallest absolute Gasteiger partial charge is 0.225 e. The Labute approximate surface area is 115 Å².